The molecule has 1 fully saturated rings. The third kappa shape index (κ3) is 4.73. The highest BCUT2D eigenvalue weighted by atomic mass is 19.1. The fraction of sp³-hybridized carbons (Fsp3) is 0.364. The van der Waals surface area contributed by atoms with Crippen molar-refractivity contribution in [3.63, 3.8) is 0 Å². The minimum Gasteiger partial charge on any atom is -0.333 e. The number of rotatable bonds is 5. The van der Waals surface area contributed by atoms with Crippen molar-refractivity contribution in [3.8, 4) is 0 Å². The molecule has 1 aliphatic rings. The lowest BCUT2D eigenvalue weighted by Crippen LogP contribution is -2.40. The number of hydrogen-bond acceptors (Lipinski definition) is 2. The van der Waals surface area contributed by atoms with Gasteiger partial charge in [0.15, 0.2) is 0 Å². The van der Waals surface area contributed by atoms with Gasteiger partial charge in [0, 0.05) is 30.3 Å². The van der Waals surface area contributed by atoms with Gasteiger partial charge < -0.3 is 10.2 Å². The number of nitrogens with zero attached hydrogens (tertiary/aromatic N) is 1. The van der Waals surface area contributed by atoms with E-state index >= 15 is 0 Å². The first-order valence-corrected chi connectivity index (χ1v) is 9.39. The van der Waals surface area contributed by atoms with Gasteiger partial charge >= 0.3 is 0 Å². The Morgan fingerprint density at radius 2 is 1.89 bits per heavy atom. The molecule has 0 saturated carbocycles. The molecule has 5 heteroatoms. The Bertz CT molecular complexity index is 819. The first kappa shape index (κ1) is 19.1. The van der Waals surface area contributed by atoms with Crippen LogP contribution in [0.2, 0.25) is 0 Å². The van der Waals surface area contributed by atoms with Gasteiger partial charge in [0.1, 0.15) is 5.82 Å². The topological polar surface area (TPSA) is 49.4 Å². The van der Waals surface area contributed by atoms with E-state index in [1.807, 2.05) is 4.90 Å². The SMILES string of the molecule is CC(=O)Nc1cccc(C(=O)N2[C@@H](CCc3ccc(F)cc3)CC[C@H]2C)c1. The number of hydrogen-bond donors (Lipinski definition) is 1. The zero-order chi connectivity index (χ0) is 19.4. The monoisotopic (exact) mass is 368 g/mol. The van der Waals surface area contributed by atoms with Gasteiger partial charge in [0.25, 0.3) is 5.91 Å². The third-order valence-electron chi connectivity index (χ3n) is 5.13. The molecule has 0 spiro atoms. The lowest BCUT2D eigenvalue weighted by molar-refractivity contribution is -0.114. The number of carbonyl (C=O) groups is 2. The average Bonchev–Trinajstić information content (AvgIpc) is 3.01. The predicted octanol–water partition coefficient (Wildman–Crippen LogP) is 4.41. The van der Waals surface area contributed by atoms with Crippen LogP contribution >= 0.6 is 0 Å². The second kappa shape index (κ2) is 8.33. The molecule has 1 saturated heterocycles. The Morgan fingerprint density at radius 1 is 1.15 bits per heavy atom. The van der Waals surface area contributed by atoms with E-state index in [4.69, 9.17) is 0 Å². The zero-order valence-corrected chi connectivity index (χ0v) is 15.7. The zero-order valence-electron chi connectivity index (χ0n) is 15.7. The number of halogens is 1. The molecule has 2 atom stereocenters. The van der Waals surface area contributed by atoms with E-state index < -0.39 is 0 Å². The van der Waals surface area contributed by atoms with Crippen LogP contribution in [0.4, 0.5) is 10.1 Å². The van der Waals surface area contributed by atoms with Gasteiger partial charge in [0.2, 0.25) is 5.91 Å². The molecular formula is C22H25FN2O2. The molecule has 0 aliphatic carbocycles. The summed E-state index contributed by atoms with van der Waals surface area (Å²) in [6.07, 6.45) is 3.62. The molecule has 2 amide bonds. The number of carbonyl (C=O) groups excluding carboxylic acids is 2. The number of amides is 2. The summed E-state index contributed by atoms with van der Waals surface area (Å²) in [5, 5.41) is 2.72. The van der Waals surface area contributed by atoms with Gasteiger partial charge in [-0.2, -0.15) is 0 Å². The molecule has 2 aromatic carbocycles. The molecule has 0 unspecified atom stereocenters. The highest BCUT2D eigenvalue weighted by Crippen LogP contribution is 2.29. The minimum absolute atomic E-state index is 0.00342. The molecule has 0 radical (unpaired) electrons. The van der Waals surface area contributed by atoms with Crippen molar-refractivity contribution >= 4 is 17.5 Å². The molecule has 1 heterocycles. The fourth-order valence-electron chi connectivity index (χ4n) is 3.79. The standard InChI is InChI=1S/C22H25FN2O2/c1-15-6-12-21(13-9-17-7-10-19(23)11-8-17)25(15)22(27)18-4-3-5-20(14-18)24-16(2)26/h3-5,7-8,10-11,14-15,21H,6,9,12-13H2,1-2H3,(H,24,26)/t15-,21-/m1/s1. The van der Waals surface area contributed by atoms with E-state index in [0.717, 1.165) is 31.2 Å². The van der Waals surface area contributed by atoms with E-state index in [2.05, 4.69) is 12.2 Å². The van der Waals surface area contributed by atoms with E-state index in [-0.39, 0.29) is 29.7 Å². The summed E-state index contributed by atoms with van der Waals surface area (Å²) in [6.45, 7) is 3.52. The average molecular weight is 368 g/mol. The maximum atomic E-state index is 13.1. The van der Waals surface area contributed by atoms with E-state index in [0.29, 0.717) is 11.3 Å². The lowest BCUT2D eigenvalue weighted by atomic mass is 10.0. The van der Waals surface area contributed by atoms with Gasteiger partial charge in [-0.1, -0.05) is 18.2 Å². The summed E-state index contributed by atoms with van der Waals surface area (Å²) in [5.41, 5.74) is 2.29. The molecule has 0 bridgehead atoms. The number of benzene rings is 2. The second-order valence-corrected chi connectivity index (χ2v) is 7.22. The van der Waals surface area contributed by atoms with Crippen LogP contribution in [-0.2, 0) is 11.2 Å². The number of anilines is 1. The highest BCUT2D eigenvalue weighted by Gasteiger charge is 2.34. The molecule has 4 nitrogen and oxygen atoms in total. The fourth-order valence-corrected chi connectivity index (χ4v) is 3.79. The largest absolute Gasteiger partial charge is 0.333 e. The van der Waals surface area contributed by atoms with Crippen molar-refractivity contribution in [2.45, 2.75) is 51.6 Å². The normalized spacial score (nSPS) is 19.1. The maximum Gasteiger partial charge on any atom is 0.254 e. The first-order valence-electron chi connectivity index (χ1n) is 9.39. The van der Waals surface area contributed by atoms with Crippen molar-refractivity contribution in [2.24, 2.45) is 0 Å². The molecule has 142 valence electrons. The predicted molar refractivity (Wildman–Crippen MR) is 104 cm³/mol. The Balaban J connectivity index is 1.71. The molecule has 0 aromatic heterocycles. The Kier molecular flexibility index (Phi) is 5.89. The molecule has 27 heavy (non-hydrogen) atoms. The van der Waals surface area contributed by atoms with Crippen molar-refractivity contribution in [3.05, 3.63) is 65.5 Å². The van der Waals surface area contributed by atoms with E-state index in [1.165, 1.54) is 19.1 Å². The Hall–Kier alpha value is -2.69. The van der Waals surface area contributed by atoms with Crippen molar-refractivity contribution in [1.29, 1.82) is 0 Å². The summed E-state index contributed by atoms with van der Waals surface area (Å²) in [4.78, 5) is 26.4. The summed E-state index contributed by atoms with van der Waals surface area (Å²) < 4.78 is 13.1. The third-order valence-corrected chi connectivity index (χ3v) is 5.13. The lowest BCUT2D eigenvalue weighted by Gasteiger charge is -2.29. The maximum absolute atomic E-state index is 13.1. The number of nitrogens with one attached hydrogen (secondary N) is 1. The van der Waals surface area contributed by atoms with E-state index in [9.17, 15) is 14.0 Å². The van der Waals surface area contributed by atoms with Crippen LogP contribution in [0, 0.1) is 5.82 Å². The van der Waals surface area contributed by atoms with Crippen LogP contribution < -0.4 is 5.32 Å². The summed E-state index contributed by atoms with van der Waals surface area (Å²) in [6, 6.07) is 14.0. The van der Waals surface area contributed by atoms with Gasteiger partial charge in [-0.05, 0) is 68.5 Å². The molecule has 2 aromatic rings. The van der Waals surface area contributed by atoms with Crippen LogP contribution in [-0.4, -0.2) is 28.8 Å². The van der Waals surface area contributed by atoms with Crippen LogP contribution in [0.25, 0.3) is 0 Å². The summed E-state index contributed by atoms with van der Waals surface area (Å²) >= 11 is 0. The van der Waals surface area contributed by atoms with Gasteiger partial charge in [-0.15, -0.1) is 0 Å². The Morgan fingerprint density at radius 3 is 2.59 bits per heavy atom. The molecule has 1 aliphatic heterocycles. The quantitative estimate of drug-likeness (QED) is 0.850. The van der Waals surface area contributed by atoms with Crippen molar-refractivity contribution < 1.29 is 14.0 Å². The van der Waals surface area contributed by atoms with Crippen molar-refractivity contribution in [1.82, 2.24) is 4.90 Å². The van der Waals surface area contributed by atoms with Gasteiger partial charge in [-0.3, -0.25) is 9.59 Å². The Labute approximate surface area is 159 Å². The molecule has 3 rings (SSSR count). The molecular weight excluding hydrogens is 343 g/mol. The second-order valence-electron chi connectivity index (χ2n) is 7.22. The summed E-state index contributed by atoms with van der Waals surface area (Å²) in [7, 11) is 0. The number of aryl methyl sites for hydroxylation is 1. The van der Waals surface area contributed by atoms with Crippen molar-refractivity contribution in [2.75, 3.05) is 5.32 Å². The minimum atomic E-state index is -0.232. The van der Waals surface area contributed by atoms with Gasteiger partial charge in [0.05, 0.1) is 0 Å². The van der Waals surface area contributed by atoms with Crippen LogP contribution in [0.5, 0.6) is 0 Å². The highest BCUT2D eigenvalue weighted by molar-refractivity contribution is 5.97. The molecule has 1 N–H and O–H groups in total. The van der Waals surface area contributed by atoms with E-state index in [1.54, 1.807) is 36.4 Å². The van der Waals surface area contributed by atoms with Crippen LogP contribution in [0.3, 0.4) is 0 Å². The van der Waals surface area contributed by atoms with Gasteiger partial charge in [-0.25, -0.2) is 4.39 Å². The first-order chi connectivity index (χ1) is 12.9. The van der Waals surface area contributed by atoms with Crippen LogP contribution in [0.15, 0.2) is 48.5 Å². The smallest absolute Gasteiger partial charge is 0.254 e. The van der Waals surface area contributed by atoms with Crippen LogP contribution in [0.1, 0.15) is 49.0 Å². The number of likely N-dealkylation sites (tertiary alicyclic amines) is 1. The summed E-state index contributed by atoms with van der Waals surface area (Å²) in [5.74, 6) is -0.397.